The average Bonchev–Trinajstić information content (AvgIpc) is 3.34. The van der Waals surface area contributed by atoms with Crippen LogP contribution < -0.4 is 4.90 Å². The van der Waals surface area contributed by atoms with Crippen LogP contribution in [-0.4, -0.2) is 51.1 Å². The third-order valence-electron chi connectivity index (χ3n) is 5.22. The molecule has 0 spiro atoms. The number of amides is 1. The molecule has 4 rings (SSSR count). The summed E-state index contributed by atoms with van der Waals surface area (Å²) < 4.78 is 11.0. The molecular formula is C20H26N6O3. The van der Waals surface area contributed by atoms with Crippen LogP contribution in [0.1, 0.15) is 43.6 Å². The maximum atomic E-state index is 12.8. The van der Waals surface area contributed by atoms with Gasteiger partial charge in [-0.25, -0.2) is 4.98 Å². The number of carbonyl (C=O) groups excluding carboxylic acids is 1. The summed E-state index contributed by atoms with van der Waals surface area (Å²) in [5.41, 5.74) is 2.22. The monoisotopic (exact) mass is 398 g/mol. The van der Waals surface area contributed by atoms with Gasteiger partial charge in [-0.15, -0.1) is 0 Å². The Labute approximate surface area is 169 Å². The molecule has 29 heavy (non-hydrogen) atoms. The molecule has 0 atom stereocenters. The number of piperidine rings is 1. The highest BCUT2D eigenvalue weighted by Gasteiger charge is 2.29. The number of hydrogen-bond acceptors (Lipinski definition) is 8. The van der Waals surface area contributed by atoms with Crippen molar-refractivity contribution in [3.05, 3.63) is 29.5 Å². The molecule has 0 bridgehead atoms. The third-order valence-corrected chi connectivity index (χ3v) is 5.22. The molecule has 1 aliphatic heterocycles. The molecule has 1 aliphatic rings. The number of oxazole rings is 1. The van der Waals surface area contributed by atoms with Gasteiger partial charge in [0.2, 0.25) is 17.4 Å². The van der Waals surface area contributed by atoms with Crippen LogP contribution in [0.5, 0.6) is 0 Å². The zero-order valence-electron chi connectivity index (χ0n) is 17.1. The lowest BCUT2D eigenvalue weighted by atomic mass is 9.95. The molecule has 1 amide bonds. The second kappa shape index (κ2) is 8.18. The number of nitrogens with zero attached hydrogens (tertiary/aromatic N) is 6. The van der Waals surface area contributed by atoms with Crippen LogP contribution in [0.15, 0.2) is 21.1 Å². The fourth-order valence-electron chi connectivity index (χ4n) is 3.63. The van der Waals surface area contributed by atoms with Crippen LogP contribution in [-0.2, 0) is 17.8 Å². The van der Waals surface area contributed by atoms with Crippen LogP contribution in [0.25, 0.3) is 11.2 Å². The van der Waals surface area contributed by atoms with E-state index in [9.17, 15) is 4.79 Å². The predicted octanol–water partition coefficient (Wildman–Crippen LogP) is 2.74. The van der Waals surface area contributed by atoms with Crippen molar-refractivity contribution in [3.63, 3.8) is 0 Å². The second-order valence-corrected chi connectivity index (χ2v) is 7.58. The topological polar surface area (TPSA) is 101 Å². The highest BCUT2D eigenvalue weighted by molar-refractivity contribution is 5.79. The number of anilines is 1. The second-order valence-electron chi connectivity index (χ2n) is 7.58. The molecule has 154 valence electrons. The molecule has 0 aliphatic carbocycles. The summed E-state index contributed by atoms with van der Waals surface area (Å²) in [6.07, 6.45) is 3.21. The Balaban J connectivity index is 1.33. The summed E-state index contributed by atoms with van der Waals surface area (Å²) >= 11 is 0. The fourth-order valence-corrected chi connectivity index (χ4v) is 3.63. The summed E-state index contributed by atoms with van der Waals surface area (Å²) in [5.74, 6) is 1.26. The summed E-state index contributed by atoms with van der Waals surface area (Å²) in [4.78, 5) is 29.8. The van der Waals surface area contributed by atoms with Crippen molar-refractivity contribution >= 4 is 23.2 Å². The number of aromatic nitrogens is 4. The van der Waals surface area contributed by atoms with Gasteiger partial charge in [0.1, 0.15) is 0 Å². The van der Waals surface area contributed by atoms with Crippen molar-refractivity contribution in [2.24, 2.45) is 5.92 Å². The van der Waals surface area contributed by atoms with E-state index in [0.717, 1.165) is 44.5 Å². The van der Waals surface area contributed by atoms with E-state index in [1.807, 2.05) is 19.1 Å². The van der Waals surface area contributed by atoms with Crippen LogP contribution in [0.4, 0.5) is 6.01 Å². The third kappa shape index (κ3) is 4.23. The lowest BCUT2D eigenvalue weighted by Gasteiger charge is -2.32. The highest BCUT2D eigenvalue weighted by Crippen LogP contribution is 2.26. The largest absolute Gasteiger partial charge is 0.422 e. The fraction of sp³-hybridized carbons (Fsp3) is 0.550. The quantitative estimate of drug-likeness (QED) is 0.625. The minimum absolute atomic E-state index is 0.0250. The Hall–Kier alpha value is -2.97. The van der Waals surface area contributed by atoms with Crippen molar-refractivity contribution in [2.75, 3.05) is 25.0 Å². The first-order valence-electron chi connectivity index (χ1n) is 10.1. The number of rotatable bonds is 6. The minimum atomic E-state index is -0.0250. The Morgan fingerprint density at radius 1 is 1.24 bits per heavy atom. The van der Waals surface area contributed by atoms with E-state index in [1.165, 1.54) is 0 Å². The molecule has 3 aromatic rings. The van der Waals surface area contributed by atoms with Crippen molar-refractivity contribution in [2.45, 2.75) is 46.1 Å². The molecule has 0 radical (unpaired) electrons. The van der Waals surface area contributed by atoms with E-state index >= 15 is 0 Å². The van der Waals surface area contributed by atoms with E-state index in [4.69, 9.17) is 8.94 Å². The molecule has 0 saturated carbocycles. The van der Waals surface area contributed by atoms with Crippen LogP contribution in [0.3, 0.4) is 0 Å². The molecule has 0 aromatic carbocycles. The normalized spacial score (nSPS) is 15.2. The Morgan fingerprint density at radius 3 is 2.79 bits per heavy atom. The standard InChI is InChI=1S/C20H26N6O3/c1-4-5-17-22-16(24-29-17)12-25(3)19(27)14-8-10-26(11-9-14)20-23-18-15(28-20)7-6-13(2)21-18/h6-7,14H,4-5,8-12H2,1-3H3. The van der Waals surface area contributed by atoms with E-state index in [1.54, 1.807) is 11.9 Å². The van der Waals surface area contributed by atoms with Crippen molar-refractivity contribution < 1.29 is 13.7 Å². The van der Waals surface area contributed by atoms with Gasteiger partial charge in [-0.05, 0) is 38.3 Å². The molecule has 0 N–H and O–H groups in total. The van der Waals surface area contributed by atoms with E-state index in [-0.39, 0.29) is 11.8 Å². The number of aryl methyl sites for hydroxylation is 2. The predicted molar refractivity (Wildman–Crippen MR) is 106 cm³/mol. The zero-order chi connectivity index (χ0) is 20.4. The van der Waals surface area contributed by atoms with Gasteiger partial charge in [0, 0.05) is 38.2 Å². The number of fused-ring (bicyclic) bond motifs is 1. The van der Waals surface area contributed by atoms with Crippen LogP contribution in [0.2, 0.25) is 0 Å². The van der Waals surface area contributed by atoms with Crippen LogP contribution in [0, 0.1) is 12.8 Å². The molecule has 3 aromatic heterocycles. The lowest BCUT2D eigenvalue weighted by Crippen LogP contribution is -2.41. The highest BCUT2D eigenvalue weighted by atomic mass is 16.5. The van der Waals surface area contributed by atoms with Gasteiger partial charge in [0.25, 0.3) is 6.01 Å². The molecular weight excluding hydrogens is 372 g/mol. The molecule has 4 heterocycles. The Morgan fingerprint density at radius 2 is 2.03 bits per heavy atom. The first-order chi connectivity index (χ1) is 14.0. The van der Waals surface area contributed by atoms with Gasteiger partial charge in [0.05, 0.1) is 6.54 Å². The first kappa shape index (κ1) is 19.4. The van der Waals surface area contributed by atoms with Crippen molar-refractivity contribution in [1.82, 2.24) is 25.0 Å². The van der Waals surface area contributed by atoms with Gasteiger partial charge in [-0.1, -0.05) is 12.1 Å². The zero-order valence-corrected chi connectivity index (χ0v) is 17.1. The summed E-state index contributed by atoms with van der Waals surface area (Å²) in [7, 11) is 1.79. The van der Waals surface area contributed by atoms with Gasteiger partial charge in [0.15, 0.2) is 11.4 Å². The van der Waals surface area contributed by atoms with Crippen LogP contribution >= 0.6 is 0 Å². The van der Waals surface area contributed by atoms with Gasteiger partial charge >= 0.3 is 0 Å². The van der Waals surface area contributed by atoms with Crippen molar-refractivity contribution in [3.8, 4) is 0 Å². The number of hydrogen-bond donors (Lipinski definition) is 0. The van der Waals surface area contributed by atoms with E-state index < -0.39 is 0 Å². The number of pyridine rings is 1. The van der Waals surface area contributed by atoms with Gasteiger partial charge in [-0.3, -0.25) is 4.79 Å². The number of carbonyl (C=O) groups is 1. The molecule has 1 saturated heterocycles. The Kier molecular flexibility index (Phi) is 5.46. The van der Waals surface area contributed by atoms with Gasteiger partial charge < -0.3 is 18.7 Å². The summed E-state index contributed by atoms with van der Waals surface area (Å²) in [5, 5.41) is 3.97. The molecule has 0 unspecified atom stereocenters. The smallest absolute Gasteiger partial charge is 0.299 e. The van der Waals surface area contributed by atoms with E-state index in [2.05, 4.69) is 31.9 Å². The molecule has 9 heteroatoms. The maximum absolute atomic E-state index is 12.8. The maximum Gasteiger partial charge on any atom is 0.299 e. The average molecular weight is 398 g/mol. The Bertz CT molecular complexity index is 989. The molecule has 9 nitrogen and oxygen atoms in total. The molecule has 1 fully saturated rings. The first-order valence-corrected chi connectivity index (χ1v) is 10.1. The lowest BCUT2D eigenvalue weighted by molar-refractivity contribution is -0.135. The summed E-state index contributed by atoms with van der Waals surface area (Å²) in [6.45, 7) is 5.80. The SMILES string of the molecule is CCCc1nc(CN(C)C(=O)C2CCN(c3nc4nc(C)ccc4o3)CC2)no1. The summed E-state index contributed by atoms with van der Waals surface area (Å²) in [6, 6.07) is 4.38. The minimum Gasteiger partial charge on any atom is -0.422 e. The van der Waals surface area contributed by atoms with Gasteiger partial charge in [-0.2, -0.15) is 9.97 Å². The van der Waals surface area contributed by atoms with Crippen molar-refractivity contribution in [1.29, 1.82) is 0 Å². The van der Waals surface area contributed by atoms with E-state index in [0.29, 0.717) is 35.5 Å².